The van der Waals surface area contributed by atoms with E-state index in [9.17, 15) is 9.59 Å². The highest BCUT2D eigenvalue weighted by Crippen LogP contribution is 2.40. The maximum absolute atomic E-state index is 12.4. The van der Waals surface area contributed by atoms with Crippen LogP contribution in [0.3, 0.4) is 0 Å². The minimum Gasteiger partial charge on any atom is -0.395 e. The van der Waals surface area contributed by atoms with Crippen LogP contribution in [-0.4, -0.2) is 35.0 Å². The molecule has 1 heterocycles. The molecule has 4 nitrogen and oxygen atoms in total. The van der Waals surface area contributed by atoms with Gasteiger partial charge in [-0.3, -0.25) is 14.5 Å². The zero-order valence-corrected chi connectivity index (χ0v) is 10.7. The fourth-order valence-electron chi connectivity index (χ4n) is 3.28. The van der Waals surface area contributed by atoms with Crippen molar-refractivity contribution < 1.29 is 14.7 Å². The van der Waals surface area contributed by atoms with Gasteiger partial charge in [-0.05, 0) is 18.4 Å². The Hall–Kier alpha value is -1.68. The maximum Gasteiger partial charge on any atom is 0.257 e. The number of amides is 2. The third kappa shape index (κ3) is 1.87. The molecule has 19 heavy (non-hydrogen) atoms. The van der Waals surface area contributed by atoms with Gasteiger partial charge in [-0.25, -0.2) is 0 Å². The van der Waals surface area contributed by atoms with Crippen LogP contribution in [0.1, 0.15) is 19.3 Å². The topological polar surface area (TPSA) is 57.6 Å². The van der Waals surface area contributed by atoms with Crippen LogP contribution in [0, 0.1) is 11.8 Å². The van der Waals surface area contributed by atoms with Gasteiger partial charge in [-0.2, -0.15) is 0 Å². The Kier molecular flexibility index (Phi) is 3.11. The number of fused-ring (bicyclic) bond motifs is 2. The minimum absolute atomic E-state index is 0.106. The molecule has 0 aromatic heterocycles. The number of rotatable bonds is 2. The quantitative estimate of drug-likeness (QED) is 0.758. The van der Waals surface area contributed by atoms with E-state index in [0.29, 0.717) is 5.57 Å². The van der Waals surface area contributed by atoms with E-state index in [2.05, 4.69) is 6.08 Å². The molecule has 2 atom stereocenters. The standard InChI is InChI=1S/C15H17NO3/c17-9-8-16-14(18)12-7-3-5-10-4-1-2-6-11(10)13(12)15(16)19/h1-2,4,6,10,12,17H,3,5,7-9H2. The maximum atomic E-state index is 12.4. The van der Waals surface area contributed by atoms with E-state index >= 15 is 0 Å². The first-order chi connectivity index (χ1) is 9.24. The summed E-state index contributed by atoms with van der Waals surface area (Å²) in [5, 5.41) is 9.00. The van der Waals surface area contributed by atoms with E-state index in [0.717, 1.165) is 24.8 Å². The molecule has 0 radical (unpaired) electrons. The highest BCUT2D eigenvalue weighted by atomic mass is 16.3. The summed E-state index contributed by atoms with van der Waals surface area (Å²) in [6.45, 7) is -0.0683. The van der Waals surface area contributed by atoms with Crippen LogP contribution in [0.2, 0.25) is 0 Å². The molecule has 1 saturated heterocycles. The summed E-state index contributed by atoms with van der Waals surface area (Å²) in [6, 6.07) is 0. The van der Waals surface area contributed by atoms with Crippen molar-refractivity contribution in [2.24, 2.45) is 11.8 Å². The summed E-state index contributed by atoms with van der Waals surface area (Å²) in [7, 11) is 0. The molecule has 1 aliphatic heterocycles. The zero-order valence-electron chi connectivity index (χ0n) is 10.7. The largest absolute Gasteiger partial charge is 0.395 e. The van der Waals surface area contributed by atoms with Gasteiger partial charge in [0.1, 0.15) is 0 Å². The second kappa shape index (κ2) is 4.78. The third-order valence-corrected chi connectivity index (χ3v) is 4.16. The first-order valence-electron chi connectivity index (χ1n) is 6.79. The van der Waals surface area contributed by atoms with Crippen molar-refractivity contribution >= 4 is 11.8 Å². The number of imide groups is 1. The molecule has 0 bridgehead atoms. The average molecular weight is 259 g/mol. The number of nitrogens with zero attached hydrogens (tertiary/aromatic N) is 1. The first kappa shape index (κ1) is 12.4. The Morgan fingerprint density at radius 3 is 2.89 bits per heavy atom. The molecule has 2 aliphatic carbocycles. The molecule has 2 unspecified atom stereocenters. The second-order valence-corrected chi connectivity index (χ2v) is 5.22. The Labute approximate surface area is 112 Å². The Balaban J connectivity index is 2.07. The molecular weight excluding hydrogens is 242 g/mol. The fraction of sp³-hybridized carbons (Fsp3) is 0.467. The summed E-state index contributed by atoms with van der Waals surface area (Å²) in [6.07, 6.45) is 10.7. The molecule has 0 aromatic rings. The van der Waals surface area contributed by atoms with Crippen molar-refractivity contribution in [3.63, 3.8) is 0 Å². The van der Waals surface area contributed by atoms with Crippen LogP contribution in [0.25, 0.3) is 0 Å². The lowest BCUT2D eigenvalue weighted by Gasteiger charge is -2.17. The van der Waals surface area contributed by atoms with Crippen LogP contribution >= 0.6 is 0 Å². The van der Waals surface area contributed by atoms with Crippen LogP contribution < -0.4 is 0 Å². The molecule has 0 saturated carbocycles. The smallest absolute Gasteiger partial charge is 0.257 e. The van der Waals surface area contributed by atoms with Gasteiger partial charge in [-0.1, -0.05) is 30.7 Å². The summed E-state index contributed by atoms with van der Waals surface area (Å²) >= 11 is 0. The van der Waals surface area contributed by atoms with Gasteiger partial charge in [0.05, 0.1) is 19.1 Å². The number of hydrogen-bond donors (Lipinski definition) is 1. The van der Waals surface area contributed by atoms with E-state index < -0.39 is 0 Å². The highest BCUT2D eigenvalue weighted by molar-refractivity contribution is 6.15. The minimum atomic E-state index is -0.296. The van der Waals surface area contributed by atoms with E-state index in [1.807, 2.05) is 18.2 Å². The lowest BCUT2D eigenvalue weighted by molar-refractivity contribution is -0.139. The van der Waals surface area contributed by atoms with Crippen LogP contribution in [-0.2, 0) is 9.59 Å². The van der Waals surface area contributed by atoms with Gasteiger partial charge in [-0.15, -0.1) is 0 Å². The van der Waals surface area contributed by atoms with Crippen LogP contribution in [0.4, 0.5) is 0 Å². The van der Waals surface area contributed by atoms with Crippen LogP contribution in [0.15, 0.2) is 35.5 Å². The Morgan fingerprint density at radius 1 is 1.26 bits per heavy atom. The molecule has 100 valence electrons. The SMILES string of the molecule is O=C1C2=C3C=CC=CC3CCCC2C(=O)N1CCO. The predicted octanol–water partition coefficient (Wildman–Crippen LogP) is 1.19. The van der Waals surface area contributed by atoms with E-state index in [1.54, 1.807) is 0 Å². The zero-order chi connectivity index (χ0) is 13.4. The molecule has 1 N–H and O–H groups in total. The van der Waals surface area contributed by atoms with Gasteiger partial charge in [0.2, 0.25) is 5.91 Å². The molecule has 3 aliphatic rings. The summed E-state index contributed by atoms with van der Waals surface area (Å²) in [4.78, 5) is 25.9. The number of likely N-dealkylation sites (tertiary alicyclic amines) is 1. The summed E-state index contributed by atoms with van der Waals surface area (Å²) in [5.41, 5.74) is 1.67. The predicted molar refractivity (Wildman–Crippen MR) is 69.9 cm³/mol. The number of β-amino-alcohol motifs (C(OH)–C–C–N with tert-alkyl or cyclic N) is 1. The number of allylic oxidation sites excluding steroid dienone is 5. The molecule has 2 amide bonds. The summed E-state index contributed by atoms with van der Waals surface area (Å²) < 4.78 is 0. The molecule has 0 spiro atoms. The van der Waals surface area contributed by atoms with Crippen molar-refractivity contribution in [1.29, 1.82) is 0 Å². The second-order valence-electron chi connectivity index (χ2n) is 5.22. The van der Waals surface area contributed by atoms with Crippen LogP contribution in [0.5, 0.6) is 0 Å². The number of carbonyl (C=O) groups is 2. The summed E-state index contributed by atoms with van der Waals surface area (Å²) in [5.74, 6) is -0.373. The number of hydrogen-bond acceptors (Lipinski definition) is 3. The number of aliphatic hydroxyl groups excluding tert-OH is 1. The van der Waals surface area contributed by atoms with Gasteiger partial charge in [0, 0.05) is 11.5 Å². The fourth-order valence-corrected chi connectivity index (χ4v) is 3.28. The van der Waals surface area contributed by atoms with Gasteiger partial charge < -0.3 is 5.11 Å². The Morgan fingerprint density at radius 2 is 2.11 bits per heavy atom. The van der Waals surface area contributed by atoms with E-state index in [1.165, 1.54) is 4.90 Å². The van der Waals surface area contributed by atoms with Gasteiger partial charge in [0.15, 0.2) is 0 Å². The van der Waals surface area contributed by atoms with Gasteiger partial charge >= 0.3 is 0 Å². The van der Waals surface area contributed by atoms with Crippen molar-refractivity contribution in [2.45, 2.75) is 19.3 Å². The van der Waals surface area contributed by atoms with Gasteiger partial charge in [0.25, 0.3) is 5.91 Å². The van der Waals surface area contributed by atoms with E-state index in [4.69, 9.17) is 5.11 Å². The van der Waals surface area contributed by atoms with E-state index in [-0.39, 0.29) is 36.8 Å². The molecule has 3 rings (SSSR count). The Bertz CT molecular complexity index is 515. The molecule has 0 aromatic carbocycles. The van der Waals surface area contributed by atoms with Crippen molar-refractivity contribution in [3.8, 4) is 0 Å². The highest BCUT2D eigenvalue weighted by Gasteiger charge is 2.45. The number of aliphatic hydroxyl groups is 1. The van der Waals surface area contributed by atoms with Crippen molar-refractivity contribution in [2.75, 3.05) is 13.2 Å². The van der Waals surface area contributed by atoms with Crippen molar-refractivity contribution in [1.82, 2.24) is 4.90 Å². The number of carbonyl (C=O) groups excluding carboxylic acids is 2. The lowest BCUT2D eigenvalue weighted by atomic mass is 9.87. The first-order valence-corrected chi connectivity index (χ1v) is 6.79. The normalized spacial score (nSPS) is 29.6. The molecule has 4 heteroatoms. The monoisotopic (exact) mass is 259 g/mol. The average Bonchev–Trinajstić information content (AvgIpc) is 2.59. The van der Waals surface area contributed by atoms with Crippen molar-refractivity contribution in [3.05, 3.63) is 35.5 Å². The third-order valence-electron chi connectivity index (χ3n) is 4.16. The molecule has 1 fully saturated rings. The lowest BCUT2D eigenvalue weighted by Crippen LogP contribution is -2.33. The molecular formula is C15H17NO3.